The molecule has 0 heterocycles. The molecular weight excluding hydrogens is 1760 g/mol. The van der Waals surface area contributed by atoms with Crippen LogP contribution in [0.25, 0.3) is 0 Å². The van der Waals surface area contributed by atoms with Gasteiger partial charge in [-0.1, -0.05) is 137 Å². The summed E-state index contributed by atoms with van der Waals surface area (Å²) >= 11 is 47.9. The normalized spacial score (nSPS) is 12.7. The van der Waals surface area contributed by atoms with Crippen LogP contribution < -0.4 is 43.2 Å². The number of hydrogen-bond donors (Lipinski definition) is 10. The lowest BCUT2D eigenvalue weighted by molar-refractivity contribution is 0.0622. The lowest BCUT2D eigenvalue weighted by Crippen LogP contribution is -2.38. The molecule has 0 aliphatic rings. The smallest absolute Gasteiger partial charge is 0.229 e. The first kappa shape index (κ1) is 101. The molecule has 37 heteroatoms. The monoisotopic (exact) mass is 1860 g/mol. The Hall–Kier alpha value is -6.08. The van der Waals surface area contributed by atoms with Gasteiger partial charge in [0.2, 0.25) is 40.1 Å². The molecule has 0 bridgehead atoms. The molecule has 0 aliphatic heterocycles. The summed E-state index contributed by atoms with van der Waals surface area (Å²) in [7, 11) is -13.3. The maximum atomic E-state index is 11.3. The first-order valence-corrected chi connectivity index (χ1v) is 47.6. The molecule has 8 rings (SSSR count). The molecule has 0 amide bonds. The summed E-state index contributed by atoms with van der Waals surface area (Å²) < 4.78 is 122. The third-order valence-corrected chi connectivity index (χ3v) is 21.9. The first-order chi connectivity index (χ1) is 55.2. The highest BCUT2D eigenvalue weighted by atomic mass is 35.5. The summed E-state index contributed by atoms with van der Waals surface area (Å²) in [4.78, 5) is 6.30. The molecule has 8 aromatic carbocycles. The largest absolute Gasteiger partial charge is 0.491 e. The number of likely N-dealkylation sites (N-methyl/N-ethyl adjacent to an activating group) is 1. The summed E-state index contributed by atoms with van der Waals surface area (Å²) in [6, 6.07) is 48.2. The minimum atomic E-state index is -3.34. The zero-order chi connectivity index (χ0) is 86.3. The number of nitrogens with zero attached hydrogens (tertiary/aromatic N) is 3. The van der Waals surface area contributed by atoms with Crippen molar-refractivity contribution in [2.75, 3.05) is 149 Å². The SMILES string of the molecule is CCCCN(CCc1ccc(Cl)c(Cl)c1)CC(O)COc1ccc(NS(C)(=O)=O)cc1.CCN(CCc1ccc(Cl)c(Cl)c1)CC(O)COc1ccc(NS(C)(=O)=O)cc1.CS(=O)(=O)Nc1ccc(OCC(O)CN(CCO)CCc2ccc(Cl)c(Cl)c2)cc1.CS(=O)(=O)Nc1ccc(OCC(O)CNCCc2ccc(Cl)c(Cl)c2)cc1. The highest BCUT2D eigenvalue weighted by molar-refractivity contribution is 7.92. The van der Waals surface area contributed by atoms with Gasteiger partial charge in [-0.2, -0.15) is 0 Å². The molecule has 0 saturated heterocycles. The fourth-order valence-corrected chi connectivity index (χ4v) is 14.4. The van der Waals surface area contributed by atoms with Gasteiger partial charge in [0, 0.05) is 75.1 Å². The molecule has 10 N–H and O–H groups in total. The van der Waals surface area contributed by atoms with Crippen molar-refractivity contribution in [1.82, 2.24) is 20.0 Å². The third kappa shape index (κ3) is 44.9. The Bertz CT molecular complexity index is 4760. The van der Waals surface area contributed by atoms with Crippen molar-refractivity contribution in [2.45, 2.75) is 76.8 Å². The van der Waals surface area contributed by atoms with Crippen molar-refractivity contribution in [3.63, 3.8) is 0 Å². The zero-order valence-corrected chi connectivity index (χ0v) is 75.0. The van der Waals surface area contributed by atoms with E-state index >= 15 is 0 Å². The maximum Gasteiger partial charge on any atom is 0.229 e. The van der Waals surface area contributed by atoms with Crippen molar-refractivity contribution >= 4 is 156 Å². The van der Waals surface area contributed by atoms with E-state index in [-0.39, 0.29) is 33.0 Å². The predicted molar refractivity (Wildman–Crippen MR) is 476 cm³/mol. The number of benzene rings is 8. The fourth-order valence-electron chi connectivity index (χ4n) is 10.8. The van der Waals surface area contributed by atoms with E-state index in [0.29, 0.717) is 138 Å². The highest BCUT2D eigenvalue weighted by Crippen LogP contribution is 2.28. The second kappa shape index (κ2) is 52.3. The molecule has 117 heavy (non-hydrogen) atoms. The standard InChI is InChI=1S/C22H30Cl2N2O4S.C20H26Cl2N2O5S.C20H26Cl2N2O4S.C18H22Cl2N2O4S/c1-3-4-12-26(13-11-17-5-10-21(23)22(24)14-17)15-19(27)16-30-20-8-6-18(7-9-20)25-31(2,28)29;1-30(27,28)23-16-3-5-18(6-4-16)29-14-17(26)13-24(10-11-25)9-8-15-2-7-19(21)20(22)12-15;1-3-24(11-10-15-4-9-19(21)20(22)12-15)13-17(25)14-28-18-7-5-16(6-8-18)23-29(2,26)27;1-27(24,25)22-14-3-5-16(6-4-14)26-12-15(23)11-21-9-8-13-2-7-17(19)18(20)10-13/h5-10,14,19,25,27H,3-4,11-13,15-16H2,1-2H3;2-7,12,17,23,25-26H,8-11,13-14H2,1H3;4-9,12,17,23,25H,3,10-11,13-14H2,1-2H3;2-7,10,15,21-23H,8-9,11-12H2,1H3. The number of aliphatic hydroxyl groups excluding tert-OH is 5. The number of ether oxygens (including phenoxy) is 4. The van der Waals surface area contributed by atoms with Gasteiger partial charge in [-0.3, -0.25) is 23.8 Å². The maximum absolute atomic E-state index is 11.3. The summed E-state index contributed by atoms with van der Waals surface area (Å²) in [6.45, 7) is 11.3. The van der Waals surface area contributed by atoms with Crippen LogP contribution in [-0.4, -0.2) is 228 Å². The Morgan fingerprint density at radius 3 is 0.872 bits per heavy atom. The van der Waals surface area contributed by atoms with Crippen LogP contribution in [0.4, 0.5) is 22.7 Å². The first-order valence-electron chi connectivity index (χ1n) is 37.0. The van der Waals surface area contributed by atoms with E-state index in [2.05, 4.69) is 40.9 Å². The topological polar surface area (TPSA) is 344 Å². The van der Waals surface area contributed by atoms with Gasteiger partial charge < -0.3 is 59.6 Å². The predicted octanol–water partition coefficient (Wildman–Crippen LogP) is 13.7. The van der Waals surface area contributed by atoms with E-state index in [1.54, 1.807) is 121 Å². The Kier molecular flexibility index (Phi) is 45.4. The molecule has 4 atom stereocenters. The van der Waals surface area contributed by atoms with Crippen molar-refractivity contribution in [1.29, 1.82) is 0 Å². The minimum Gasteiger partial charge on any atom is -0.491 e. The van der Waals surface area contributed by atoms with Crippen molar-refractivity contribution in [3.8, 4) is 23.0 Å². The van der Waals surface area contributed by atoms with E-state index in [4.69, 9.17) is 112 Å². The number of anilines is 4. The van der Waals surface area contributed by atoms with Crippen molar-refractivity contribution in [3.05, 3.63) is 232 Å². The van der Waals surface area contributed by atoms with Crippen LogP contribution in [0.2, 0.25) is 40.2 Å². The van der Waals surface area contributed by atoms with Crippen LogP contribution in [0, 0.1) is 0 Å². The lowest BCUT2D eigenvalue weighted by atomic mass is 10.1. The van der Waals surface area contributed by atoms with E-state index in [1.165, 1.54) is 0 Å². The number of rotatable bonds is 46. The summed E-state index contributed by atoms with van der Waals surface area (Å²) in [5, 5.41) is 57.7. The summed E-state index contributed by atoms with van der Waals surface area (Å²) in [5.74, 6) is 2.18. The van der Waals surface area contributed by atoms with Gasteiger partial charge in [-0.15, -0.1) is 0 Å². The number of hydrogen-bond acceptors (Lipinski definition) is 21. The molecule has 0 spiro atoms. The summed E-state index contributed by atoms with van der Waals surface area (Å²) in [5.41, 5.74) is 6.07. The quantitative estimate of drug-likeness (QED) is 0.0158. The average molecular weight is 1860 g/mol. The molecule has 4 unspecified atom stereocenters. The van der Waals surface area contributed by atoms with Gasteiger partial charge in [-0.25, -0.2) is 33.7 Å². The van der Waals surface area contributed by atoms with Gasteiger partial charge in [-0.05, 0) is 220 Å². The Labute approximate surface area is 728 Å². The molecule has 0 radical (unpaired) electrons. The Balaban J connectivity index is 0.000000278. The van der Waals surface area contributed by atoms with Crippen LogP contribution in [0.15, 0.2) is 170 Å². The highest BCUT2D eigenvalue weighted by Gasteiger charge is 2.18. The Morgan fingerprint density at radius 2 is 0.607 bits per heavy atom. The van der Waals surface area contributed by atoms with Crippen LogP contribution in [0.1, 0.15) is 48.9 Å². The molecule has 646 valence electrons. The van der Waals surface area contributed by atoms with Gasteiger partial charge in [0.1, 0.15) is 73.8 Å². The minimum absolute atomic E-state index is 0.0241. The van der Waals surface area contributed by atoms with Gasteiger partial charge in [0.05, 0.1) is 71.8 Å². The molecule has 0 aliphatic carbocycles. The second-order valence-corrected chi connectivity index (χ2v) is 37.5. The molecule has 0 saturated carbocycles. The van der Waals surface area contributed by atoms with Gasteiger partial charge in [0.15, 0.2) is 0 Å². The number of nitrogens with one attached hydrogen (secondary N) is 5. The number of halogens is 8. The molecular formula is C80H104Cl8N8O17S4. The molecule has 0 fully saturated rings. The number of sulfonamides is 4. The number of aliphatic hydroxyl groups is 5. The Morgan fingerprint density at radius 1 is 0.342 bits per heavy atom. The van der Waals surface area contributed by atoms with Gasteiger partial charge in [0.25, 0.3) is 0 Å². The van der Waals surface area contributed by atoms with E-state index < -0.39 is 64.5 Å². The van der Waals surface area contributed by atoms with Crippen LogP contribution in [-0.2, 0) is 65.8 Å². The lowest BCUT2D eigenvalue weighted by Gasteiger charge is -2.25. The van der Waals surface area contributed by atoms with Crippen molar-refractivity contribution < 1.29 is 78.2 Å². The number of unbranched alkanes of at least 4 members (excludes halogenated alkanes) is 1. The summed E-state index contributed by atoms with van der Waals surface area (Å²) in [6.07, 6.45) is 6.79. The third-order valence-electron chi connectivity index (χ3n) is 16.6. The van der Waals surface area contributed by atoms with Crippen molar-refractivity contribution in [2.24, 2.45) is 0 Å². The van der Waals surface area contributed by atoms with E-state index in [0.717, 1.165) is 106 Å². The zero-order valence-electron chi connectivity index (χ0n) is 65.7. The second-order valence-electron chi connectivity index (χ2n) is 27.2. The van der Waals surface area contributed by atoms with Crippen LogP contribution >= 0.6 is 92.8 Å². The van der Waals surface area contributed by atoms with E-state index in [9.17, 15) is 59.2 Å². The van der Waals surface area contributed by atoms with Crippen LogP contribution in [0.5, 0.6) is 23.0 Å². The molecule has 25 nitrogen and oxygen atoms in total. The molecule has 0 aromatic heterocycles. The van der Waals surface area contributed by atoms with Gasteiger partial charge >= 0.3 is 0 Å². The van der Waals surface area contributed by atoms with E-state index in [1.807, 2.05) is 60.4 Å². The fraction of sp³-hybridized carbons (Fsp3) is 0.400. The molecule has 8 aromatic rings. The average Bonchev–Trinajstić information content (AvgIpc) is 0.637. The van der Waals surface area contributed by atoms with Crippen LogP contribution in [0.3, 0.4) is 0 Å².